The summed E-state index contributed by atoms with van der Waals surface area (Å²) in [6, 6.07) is 11.8. The van der Waals surface area contributed by atoms with Crippen molar-refractivity contribution in [3.05, 3.63) is 54.1 Å². The smallest absolute Gasteiger partial charge is 0.331 e. The average molecular weight is 365 g/mol. The largest absolute Gasteiger partial charge is 0.507 e. The molecule has 0 heterocycles. The Morgan fingerprint density at radius 2 is 1.68 bits per heavy atom. The van der Waals surface area contributed by atoms with Gasteiger partial charge < -0.3 is 14.6 Å². The SMILES string of the molecule is COC(=O)[C@](C)(NS(=O)(=O)c1ccccc1O)c1ccc(OC)cc1. The van der Waals surface area contributed by atoms with Crippen molar-refractivity contribution in [2.45, 2.75) is 17.4 Å². The van der Waals surface area contributed by atoms with Crippen molar-refractivity contribution >= 4 is 16.0 Å². The Balaban J connectivity index is 2.50. The van der Waals surface area contributed by atoms with Crippen LogP contribution in [0.1, 0.15) is 12.5 Å². The quantitative estimate of drug-likeness (QED) is 0.757. The summed E-state index contributed by atoms with van der Waals surface area (Å²) in [6.07, 6.45) is 0. The number of sulfonamides is 1. The predicted molar refractivity (Wildman–Crippen MR) is 90.8 cm³/mol. The number of hydrogen-bond donors (Lipinski definition) is 2. The van der Waals surface area contributed by atoms with Gasteiger partial charge in [0.2, 0.25) is 10.0 Å². The zero-order valence-corrected chi connectivity index (χ0v) is 14.8. The van der Waals surface area contributed by atoms with Gasteiger partial charge in [-0.3, -0.25) is 0 Å². The number of para-hydroxylation sites is 1. The highest BCUT2D eigenvalue weighted by atomic mass is 32.2. The van der Waals surface area contributed by atoms with Gasteiger partial charge in [0, 0.05) is 0 Å². The zero-order valence-electron chi connectivity index (χ0n) is 14.0. The van der Waals surface area contributed by atoms with E-state index < -0.39 is 27.3 Å². The van der Waals surface area contributed by atoms with E-state index in [0.717, 1.165) is 0 Å². The van der Waals surface area contributed by atoms with Crippen LogP contribution in [0.2, 0.25) is 0 Å². The van der Waals surface area contributed by atoms with E-state index in [2.05, 4.69) is 4.72 Å². The molecule has 0 spiro atoms. The van der Waals surface area contributed by atoms with Crippen molar-refractivity contribution < 1.29 is 27.8 Å². The van der Waals surface area contributed by atoms with Gasteiger partial charge in [0.15, 0.2) is 5.54 Å². The van der Waals surface area contributed by atoms with E-state index in [1.54, 1.807) is 24.3 Å². The molecule has 25 heavy (non-hydrogen) atoms. The second-order valence-electron chi connectivity index (χ2n) is 5.42. The molecule has 0 saturated heterocycles. The summed E-state index contributed by atoms with van der Waals surface area (Å²) in [5.41, 5.74) is -1.33. The second-order valence-corrected chi connectivity index (χ2v) is 7.07. The van der Waals surface area contributed by atoms with E-state index in [1.807, 2.05) is 0 Å². The van der Waals surface area contributed by atoms with Crippen LogP contribution in [0.15, 0.2) is 53.4 Å². The molecule has 0 radical (unpaired) electrons. The van der Waals surface area contributed by atoms with Crippen molar-refractivity contribution in [1.82, 2.24) is 4.72 Å². The summed E-state index contributed by atoms with van der Waals surface area (Å²) in [5.74, 6) is -0.659. The lowest BCUT2D eigenvalue weighted by atomic mass is 9.93. The summed E-state index contributed by atoms with van der Waals surface area (Å²) in [4.78, 5) is 12.0. The molecular formula is C17H19NO6S. The van der Waals surface area contributed by atoms with Gasteiger partial charge in [-0.15, -0.1) is 0 Å². The molecule has 0 aliphatic heterocycles. The van der Waals surface area contributed by atoms with Crippen LogP contribution in [-0.4, -0.2) is 33.7 Å². The molecule has 2 N–H and O–H groups in total. The Morgan fingerprint density at radius 3 is 2.20 bits per heavy atom. The van der Waals surface area contributed by atoms with Crippen LogP contribution < -0.4 is 9.46 Å². The van der Waals surface area contributed by atoms with Gasteiger partial charge >= 0.3 is 5.97 Å². The minimum Gasteiger partial charge on any atom is -0.507 e. The Labute approximate surface area is 146 Å². The number of phenols is 1. The van der Waals surface area contributed by atoms with E-state index in [9.17, 15) is 18.3 Å². The van der Waals surface area contributed by atoms with Crippen LogP contribution in [0, 0.1) is 0 Å². The zero-order chi connectivity index (χ0) is 18.7. The minimum atomic E-state index is -4.20. The van der Waals surface area contributed by atoms with Gasteiger partial charge in [0.1, 0.15) is 16.4 Å². The van der Waals surface area contributed by atoms with Crippen LogP contribution >= 0.6 is 0 Å². The maximum absolute atomic E-state index is 12.7. The van der Waals surface area contributed by atoms with Gasteiger partial charge in [-0.05, 0) is 36.8 Å². The van der Waals surface area contributed by atoms with Crippen molar-refractivity contribution in [2.75, 3.05) is 14.2 Å². The van der Waals surface area contributed by atoms with E-state index in [1.165, 1.54) is 45.4 Å². The van der Waals surface area contributed by atoms with Crippen LogP contribution in [-0.2, 0) is 25.1 Å². The number of nitrogens with one attached hydrogen (secondary N) is 1. The van der Waals surface area contributed by atoms with Crippen molar-refractivity contribution in [1.29, 1.82) is 0 Å². The van der Waals surface area contributed by atoms with Gasteiger partial charge in [-0.1, -0.05) is 24.3 Å². The summed E-state index contributed by atoms with van der Waals surface area (Å²) >= 11 is 0. The molecule has 0 saturated carbocycles. The molecule has 2 rings (SSSR count). The first-order valence-electron chi connectivity index (χ1n) is 7.29. The lowest BCUT2D eigenvalue weighted by Crippen LogP contribution is -2.50. The minimum absolute atomic E-state index is 0.335. The summed E-state index contributed by atoms with van der Waals surface area (Å²) < 4.78 is 37.5. The summed E-state index contributed by atoms with van der Waals surface area (Å²) in [5, 5.41) is 9.83. The number of carbonyl (C=O) groups excluding carboxylic acids is 1. The van der Waals surface area contributed by atoms with Gasteiger partial charge in [0.25, 0.3) is 0 Å². The normalized spacial score (nSPS) is 13.7. The first kappa shape index (κ1) is 18.8. The predicted octanol–water partition coefficient (Wildman–Crippen LogP) is 1.77. The van der Waals surface area contributed by atoms with Gasteiger partial charge in [0.05, 0.1) is 14.2 Å². The fraction of sp³-hybridized carbons (Fsp3) is 0.235. The Bertz CT molecular complexity index is 863. The number of hydrogen-bond acceptors (Lipinski definition) is 6. The number of rotatable bonds is 6. The Kier molecular flexibility index (Phi) is 5.34. The second kappa shape index (κ2) is 7.12. The van der Waals surface area contributed by atoms with Crippen LogP contribution in [0.3, 0.4) is 0 Å². The highest BCUT2D eigenvalue weighted by Crippen LogP contribution is 2.29. The third-order valence-electron chi connectivity index (χ3n) is 3.75. The van der Waals surface area contributed by atoms with Crippen LogP contribution in [0.4, 0.5) is 0 Å². The van der Waals surface area contributed by atoms with E-state index in [0.29, 0.717) is 11.3 Å². The Morgan fingerprint density at radius 1 is 1.08 bits per heavy atom. The standard InChI is InChI=1S/C17H19NO6S/c1-17(16(20)24-3,12-8-10-13(23-2)11-9-12)18-25(21,22)15-7-5-4-6-14(15)19/h4-11,18-19H,1-3H3/t17-/m1/s1. The number of phenolic OH excluding ortho intramolecular Hbond substituents is 1. The van der Waals surface area contributed by atoms with Crippen molar-refractivity contribution in [2.24, 2.45) is 0 Å². The molecule has 0 fully saturated rings. The van der Waals surface area contributed by atoms with E-state index in [4.69, 9.17) is 9.47 Å². The number of carbonyl (C=O) groups is 1. The first-order chi connectivity index (χ1) is 11.7. The highest BCUT2D eigenvalue weighted by Gasteiger charge is 2.41. The molecular weight excluding hydrogens is 346 g/mol. The number of ether oxygens (including phenoxy) is 2. The van der Waals surface area contributed by atoms with Crippen molar-refractivity contribution in [3.8, 4) is 11.5 Å². The van der Waals surface area contributed by atoms with E-state index in [-0.39, 0.29) is 4.90 Å². The van der Waals surface area contributed by atoms with Crippen LogP contribution in [0.5, 0.6) is 11.5 Å². The first-order valence-corrected chi connectivity index (χ1v) is 8.78. The summed E-state index contributed by atoms with van der Waals surface area (Å²) in [7, 11) is -1.54. The number of esters is 1. The van der Waals surface area contributed by atoms with Crippen molar-refractivity contribution in [3.63, 3.8) is 0 Å². The molecule has 0 aromatic heterocycles. The van der Waals surface area contributed by atoms with Gasteiger partial charge in [-0.25, -0.2) is 13.2 Å². The molecule has 2 aromatic carbocycles. The lowest BCUT2D eigenvalue weighted by molar-refractivity contribution is -0.147. The average Bonchev–Trinajstić information content (AvgIpc) is 2.60. The molecule has 0 amide bonds. The monoisotopic (exact) mass is 365 g/mol. The van der Waals surface area contributed by atoms with E-state index >= 15 is 0 Å². The maximum Gasteiger partial charge on any atom is 0.331 e. The Hall–Kier alpha value is -2.58. The molecule has 0 bridgehead atoms. The third kappa shape index (κ3) is 3.75. The highest BCUT2D eigenvalue weighted by molar-refractivity contribution is 7.89. The number of benzene rings is 2. The topological polar surface area (TPSA) is 102 Å². The fourth-order valence-electron chi connectivity index (χ4n) is 2.36. The molecule has 1 atom stereocenters. The van der Waals surface area contributed by atoms with Gasteiger partial charge in [-0.2, -0.15) is 4.72 Å². The van der Waals surface area contributed by atoms with Crippen LogP contribution in [0.25, 0.3) is 0 Å². The number of methoxy groups -OCH3 is 2. The molecule has 134 valence electrons. The third-order valence-corrected chi connectivity index (χ3v) is 5.36. The molecule has 2 aromatic rings. The maximum atomic E-state index is 12.7. The molecule has 8 heteroatoms. The fourth-order valence-corrected chi connectivity index (χ4v) is 3.80. The number of aromatic hydroxyl groups is 1. The molecule has 7 nitrogen and oxygen atoms in total. The summed E-state index contributed by atoms with van der Waals surface area (Å²) in [6.45, 7) is 1.39. The molecule has 0 aliphatic carbocycles. The lowest BCUT2D eigenvalue weighted by Gasteiger charge is -2.28. The molecule has 0 aliphatic rings. The molecule has 0 unspecified atom stereocenters.